The Hall–Kier alpha value is -13.0. The van der Waals surface area contributed by atoms with Gasteiger partial charge in [-0.3, -0.25) is 51.6 Å². The van der Waals surface area contributed by atoms with Crippen molar-refractivity contribution in [3.8, 4) is 45.2 Å². The van der Waals surface area contributed by atoms with Crippen molar-refractivity contribution < 1.29 is 18.3 Å². The molecule has 15 aromatic heterocycles. The van der Waals surface area contributed by atoms with E-state index in [2.05, 4.69) is 93.8 Å². The zero-order chi connectivity index (χ0) is 82.2. The number of pyridine rings is 6. The second-order valence-electron chi connectivity index (χ2n) is 32.3. The Balaban J connectivity index is 0.000000106. The van der Waals surface area contributed by atoms with Gasteiger partial charge in [0.05, 0.1) is 80.9 Å². The number of aliphatic hydroxyl groups excluding tert-OH is 1. The first-order valence-electron chi connectivity index (χ1n) is 40.8. The molecule has 0 unspecified atom stereocenters. The monoisotopic (exact) mass is 1620 g/mol. The Morgan fingerprint density at radius 1 is 0.492 bits per heavy atom. The van der Waals surface area contributed by atoms with Gasteiger partial charge in [0.1, 0.15) is 39.4 Å². The number of oxazole rings is 1. The fraction of sp³-hybridized carbons (Fsp3) is 0.330. The molecule has 6 aliphatic rings. The van der Waals surface area contributed by atoms with Crippen LogP contribution in [0.3, 0.4) is 0 Å². The molecule has 0 radical (unpaired) electrons. The number of nitrogens with one attached hydrogen (secondary N) is 1. The van der Waals surface area contributed by atoms with Gasteiger partial charge in [0.2, 0.25) is 0 Å². The second-order valence-corrected chi connectivity index (χ2v) is 32.3. The van der Waals surface area contributed by atoms with Crippen molar-refractivity contribution in [2.75, 3.05) is 145 Å². The zero-order valence-electron chi connectivity index (χ0n) is 67.3. The fourth-order valence-electron chi connectivity index (χ4n) is 17.5. The van der Waals surface area contributed by atoms with E-state index < -0.39 is 11.6 Å². The fourth-order valence-corrected chi connectivity index (χ4v) is 17.5. The third kappa shape index (κ3) is 15.3. The van der Waals surface area contributed by atoms with Crippen LogP contribution in [0.1, 0.15) is 48.7 Å². The number of likely N-dealkylation sites (N-methyl/N-ethyl adjacent to an activating group) is 1. The lowest BCUT2D eigenvalue weighted by Crippen LogP contribution is -2.58. The van der Waals surface area contributed by atoms with E-state index in [1.807, 2.05) is 110 Å². The van der Waals surface area contributed by atoms with Crippen molar-refractivity contribution in [2.24, 2.45) is 5.41 Å². The summed E-state index contributed by atoms with van der Waals surface area (Å²) >= 11 is 0. The van der Waals surface area contributed by atoms with Gasteiger partial charge in [-0.1, -0.05) is 0 Å². The molecule has 6 aliphatic heterocycles. The van der Waals surface area contributed by atoms with E-state index in [1.165, 1.54) is 60.9 Å². The highest BCUT2D eigenvalue weighted by molar-refractivity contribution is 5.81. The normalized spacial score (nSPS) is 17.1. The van der Waals surface area contributed by atoms with Crippen molar-refractivity contribution in [1.29, 1.82) is 0 Å². The van der Waals surface area contributed by atoms with Crippen LogP contribution in [0.15, 0.2) is 195 Å². The molecule has 1 spiro atoms. The van der Waals surface area contributed by atoms with Crippen LogP contribution in [0.25, 0.3) is 95.7 Å². The number of piperidine rings is 1. The summed E-state index contributed by atoms with van der Waals surface area (Å²) in [4.78, 5) is 103. The van der Waals surface area contributed by atoms with Gasteiger partial charge in [0.15, 0.2) is 28.8 Å². The number of rotatable bonds is 10. The molecule has 0 aliphatic carbocycles. The number of hydrogen-bond acceptors (Lipinski definition) is 23. The molecule has 32 heteroatoms. The maximum absolute atomic E-state index is 14.5. The smallest absolute Gasteiger partial charge is 0.258 e. The number of imidazole rings is 2. The summed E-state index contributed by atoms with van der Waals surface area (Å²) in [5.74, 6) is -0.556. The quantitative estimate of drug-likeness (QED) is 0.129. The van der Waals surface area contributed by atoms with Crippen molar-refractivity contribution >= 4 is 73.2 Å². The van der Waals surface area contributed by atoms with Crippen LogP contribution in [0.2, 0.25) is 0 Å². The number of piperazine rings is 3. The lowest BCUT2D eigenvalue weighted by molar-refractivity contribution is 0.126. The van der Waals surface area contributed by atoms with E-state index in [0.717, 1.165) is 149 Å². The Morgan fingerprint density at radius 2 is 1.02 bits per heavy atom. The summed E-state index contributed by atoms with van der Waals surface area (Å²) in [6.07, 6.45) is 23.3. The first kappa shape index (κ1) is 76.9. The minimum absolute atomic E-state index is 0.0725. The van der Waals surface area contributed by atoms with Gasteiger partial charge in [-0.05, 0) is 150 Å². The molecule has 2 N–H and O–H groups in total. The van der Waals surface area contributed by atoms with E-state index in [4.69, 9.17) is 19.5 Å². The van der Waals surface area contributed by atoms with Crippen LogP contribution < -0.4 is 47.2 Å². The molecule has 30 nitrogen and oxygen atoms in total. The molecule has 612 valence electrons. The number of benzene rings is 1. The van der Waals surface area contributed by atoms with E-state index in [9.17, 15) is 28.0 Å². The minimum atomic E-state index is -0.493. The summed E-state index contributed by atoms with van der Waals surface area (Å²) < 4.78 is 46.1. The van der Waals surface area contributed by atoms with Gasteiger partial charge in [-0.15, -0.1) is 0 Å². The number of aliphatic hydroxyl groups is 1. The molecule has 0 amide bonds. The van der Waals surface area contributed by atoms with Crippen molar-refractivity contribution in [3.63, 3.8) is 0 Å². The van der Waals surface area contributed by atoms with Gasteiger partial charge < -0.3 is 48.1 Å². The Morgan fingerprint density at radius 3 is 1.63 bits per heavy atom. The molecule has 21 heterocycles. The van der Waals surface area contributed by atoms with Gasteiger partial charge in [0, 0.05) is 214 Å². The average Bonchev–Trinajstić information content (AvgIpc) is 1.46. The summed E-state index contributed by atoms with van der Waals surface area (Å²) in [7, 11) is 2.13. The number of halogens is 2. The maximum atomic E-state index is 14.5. The van der Waals surface area contributed by atoms with E-state index >= 15 is 0 Å². The number of hydrogen-bond donors (Lipinski definition) is 2. The second kappa shape index (κ2) is 31.7. The number of aryl methyl sites for hydroxylation is 4. The van der Waals surface area contributed by atoms with Crippen molar-refractivity contribution in [3.05, 3.63) is 247 Å². The van der Waals surface area contributed by atoms with Gasteiger partial charge in [-0.25, -0.2) is 48.2 Å². The SMILES string of the molecule is CN1CCN(c2ccc3nc(-c4ccc5nccn5c4)cc(=O)n3c2)CC1.Cc1cn2cc(-c3cc(=O)n4cc(N5CCN(CCO)CC5)ccc4n3)cc(F)c2n1.Cc1cn2nc(-c3cc(=O)n4cc(N5CCC6(CC5)CNC6)ccc4n3)cc2c(C)n1.Cc1nc2c(F)cc(-c3cc(=O)n4cc(N5CCN6CCC[C@H]6C5)ccc4n3)cc2o1. The average molecular weight is 1620 g/mol. The molecular formula is C88H90F2N24O6. The highest BCUT2D eigenvalue weighted by Crippen LogP contribution is 2.37. The predicted molar refractivity (Wildman–Crippen MR) is 457 cm³/mol. The molecule has 120 heavy (non-hydrogen) atoms. The first-order valence-corrected chi connectivity index (χ1v) is 40.8. The Bertz CT molecular complexity index is 6900. The summed E-state index contributed by atoms with van der Waals surface area (Å²) in [5.41, 5.74) is 16.1. The Labute approximate surface area is 685 Å². The molecule has 1 atom stereocenters. The number of anilines is 4. The standard InChI is InChI=1S/C23H22FN5O2.C23H25N7O.C22H23FN6O2.C20H20N6O/c1-14-25-23-18(24)9-15(10-20(23)31-14)19-11-22(30)29-13-17(4-5-21(29)26-19)28-8-7-27-6-2-3-16(27)12-28;1-15-11-30-20(16(2)25-15)9-19(27-30)18-10-22(31)29-12-17(3-4-21(29)26-18)28-7-5-23(6-8-28)13-24-14-23;1-15-12-28-13-16(10-18(23)22(28)24-15)19-11-21(31)29-14-17(2-3-20(29)25-19)27-6-4-26(5-7-27)8-9-30;1-23-8-10-24(11-9-23)16-3-5-19-22-17(12-20(27)26(19)14-16)15-2-4-18-21-6-7-25(18)13-15/h4-5,9-11,13,16H,2-3,6-8,12H2,1H3;3-4,9-12,24H,5-8,13-14H2,1-2H3;2-3,10-14,30H,4-9H2,1H3;2-7,12-14H,8-11H2,1H3/t16-;;;/m0.../s1. The molecule has 1 aromatic carbocycles. The van der Waals surface area contributed by atoms with E-state index in [1.54, 1.807) is 79.0 Å². The highest BCUT2D eigenvalue weighted by atomic mass is 19.1. The molecule has 0 bridgehead atoms. The summed E-state index contributed by atoms with van der Waals surface area (Å²) in [6, 6.07) is 32.4. The van der Waals surface area contributed by atoms with Crippen LogP contribution >= 0.6 is 0 Å². The van der Waals surface area contributed by atoms with Crippen LogP contribution in [0, 0.1) is 44.7 Å². The van der Waals surface area contributed by atoms with Gasteiger partial charge in [-0.2, -0.15) is 5.10 Å². The molecule has 16 aromatic rings. The third-order valence-corrected chi connectivity index (χ3v) is 24.2. The third-order valence-electron chi connectivity index (χ3n) is 24.2. The molecule has 6 fully saturated rings. The molecule has 0 saturated carbocycles. The van der Waals surface area contributed by atoms with Crippen LogP contribution in [0.4, 0.5) is 31.5 Å². The van der Waals surface area contributed by atoms with Gasteiger partial charge in [0.25, 0.3) is 22.2 Å². The lowest BCUT2D eigenvalue weighted by atomic mass is 9.73. The van der Waals surface area contributed by atoms with E-state index in [0.29, 0.717) is 97.4 Å². The largest absolute Gasteiger partial charge is 0.441 e. The van der Waals surface area contributed by atoms with Crippen LogP contribution in [-0.2, 0) is 0 Å². The highest BCUT2D eigenvalue weighted by Gasteiger charge is 2.40. The van der Waals surface area contributed by atoms with Crippen LogP contribution in [0.5, 0.6) is 0 Å². The van der Waals surface area contributed by atoms with Gasteiger partial charge >= 0.3 is 0 Å². The molecular weight excluding hydrogens is 1530 g/mol. The summed E-state index contributed by atoms with van der Waals surface area (Å²) in [5, 5.41) is 17.1. The minimum Gasteiger partial charge on any atom is -0.441 e. The van der Waals surface area contributed by atoms with Crippen molar-refractivity contribution in [2.45, 2.75) is 59.4 Å². The molecule has 22 rings (SSSR count). The topological polar surface area (TPSA) is 283 Å². The predicted octanol–water partition coefficient (Wildman–Crippen LogP) is 8.78. The zero-order valence-corrected chi connectivity index (χ0v) is 67.3. The number of β-amino-alcohol motifs (C(OH)–C–C–N with tert-alkyl or cyclic N) is 1. The first-order chi connectivity index (χ1) is 58.2. The number of nitrogens with zero attached hydrogens (tertiary/aromatic N) is 23. The maximum Gasteiger partial charge on any atom is 0.258 e. The molecule has 6 saturated heterocycles. The summed E-state index contributed by atoms with van der Waals surface area (Å²) in [6.45, 7) is 24.1. The lowest BCUT2D eigenvalue weighted by Gasteiger charge is -2.48. The number of fused-ring (bicyclic) bond motifs is 9. The van der Waals surface area contributed by atoms with Crippen molar-refractivity contribution in [1.82, 2.24) is 95.9 Å². The van der Waals surface area contributed by atoms with Crippen LogP contribution in [-0.4, -0.2) is 227 Å². The number of aromatic nitrogens is 16. The Kier molecular flexibility index (Phi) is 20.3. The van der Waals surface area contributed by atoms with E-state index in [-0.39, 0.29) is 40.0 Å².